The summed E-state index contributed by atoms with van der Waals surface area (Å²) in [6.45, 7) is 4.47. The van der Waals surface area contributed by atoms with Crippen LogP contribution in [0.15, 0.2) is 24.3 Å². The molecule has 0 atom stereocenters. The predicted molar refractivity (Wildman–Crippen MR) is 78.5 cm³/mol. The minimum Gasteiger partial charge on any atom is -0.358 e. The molecule has 98 valence electrons. The Morgan fingerprint density at radius 2 is 2.06 bits per heavy atom. The minimum absolute atomic E-state index is 0.0679. The summed E-state index contributed by atoms with van der Waals surface area (Å²) >= 11 is 11.1. The molecule has 18 heavy (non-hydrogen) atoms. The van der Waals surface area contributed by atoms with E-state index >= 15 is 0 Å². The van der Waals surface area contributed by atoms with Gasteiger partial charge in [0.2, 0.25) is 5.91 Å². The number of rotatable bonds is 4. The first-order valence-corrected chi connectivity index (χ1v) is 6.58. The standard InChI is InChI=1S/C13H17ClN2OS/c1-9(2)7-12(17)16-13(18)15-8-10-5-3-4-6-11(10)14/h3-6,9H,7-8H2,1-2H3,(H2,15,16,17,18). The summed E-state index contributed by atoms with van der Waals surface area (Å²) in [7, 11) is 0. The molecule has 5 heteroatoms. The zero-order valence-corrected chi connectivity index (χ0v) is 12.1. The van der Waals surface area contributed by atoms with E-state index in [-0.39, 0.29) is 5.91 Å². The van der Waals surface area contributed by atoms with Gasteiger partial charge >= 0.3 is 0 Å². The lowest BCUT2D eigenvalue weighted by molar-refractivity contribution is -0.120. The van der Waals surface area contributed by atoms with Crippen molar-refractivity contribution in [1.82, 2.24) is 10.6 Å². The molecule has 1 aromatic carbocycles. The van der Waals surface area contributed by atoms with Crippen LogP contribution >= 0.6 is 23.8 Å². The summed E-state index contributed by atoms with van der Waals surface area (Å²) in [6, 6.07) is 7.50. The number of thiocarbonyl (C=S) groups is 1. The van der Waals surface area contributed by atoms with E-state index in [1.807, 2.05) is 38.1 Å². The van der Waals surface area contributed by atoms with Crippen molar-refractivity contribution in [2.75, 3.05) is 0 Å². The Hall–Kier alpha value is -1.13. The summed E-state index contributed by atoms with van der Waals surface area (Å²) in [5.74, 6) is 0.248. The molecule has 0 saturated carbocycles. The molecule has 1 aromatic rings. The highest BCUT2D eigenvalue weighted by molar-refractivity contribution is 7.80. The van der Waals surface area contributed by atoms with E-state index in [2.05, 4.69) is 10.6 Å². The summed E-state index contributed by atoms with van der Waals surface area (Å²) in [4.78, 5) is 11.5. The third kappa shape index (κ3) is 5.47. The third-order valence-corrected chi connectivity index (χ3v) is 2.86. The third-order valence-electron chi connectivity index (χ3n) is 2.24. The normalized spacial score (nSPS) is 10.2. The Bertz CT molecular complexity index is 435. The van der Waals surface area contributed by atoms with E-state index in [0.29, 0.717) is 29.0 Å². The van der Waals surface area contributed by atoms with Gasteiger partial charge in [-0.2, -0.15) is 0 Å². The Labute approximate surface area is 118 Å². The molecule has 0 aliphatic heterocycles. The number of carbonyl (C=O) groups is 1. The highest BCUT2D eigenvalue weighted by Gasteiger charge is 2.07. The molecule has 2 N–H and O–H groups in total. The van der Waals surface area contributed by atoms with Crippen molar-refractivity contribution < 1.29 is 4.79 Å². The number of amides is 1. The summed E-state index contributed by atoms with van der Waals surface area (Å²) < 4.78 is 0. The lowest BCUT2D eigenvalue weighted by atomic mass is 10.1. The number of hydrogen-bond acceptors (Lipinski definition) is 2. The number of benzene rings is 1. The molecule has 1 rings (SSSR count). The van der Waals surface area contributed by atoms with Crippen molar-refractivity contribution in [2.24, 2.45) is 5.92 Å². The van der Waals surface area contributed by atoms with Crippen molar-refractivity contribution >= 4 is 34.8 Å². The molecular weight excluding hydrogens is 268 g/mol. The quantitative estimate of drug-likeness (QED) is 0.836. The van der Waals surface area contributed by atoms with Crippen LogP contribution < -0.4 is 10.6 Å². The van der Waals surface area contributed by atoms with Gasteiger partial charge in [0.25, 0.3) is 0 Å². The van der Waals surface area contributed by atoms with Gasteiger partial charge in [0.05, 0.1) is 0 Å². The molecule has 0 aliphatic carbocycles. The topological polar surface area (TPSA) is 41.1 Å². The van der Waals surface area contributed by atoms with Gasteiger partial charge < -0.3 is 10.6 Å². The maximum atomic E-state index is 11.5. The van der Waals surface area contributed by atoms with E-state index in [1.54, 1.807) is 0 Å². The van der Waals surface area contributed by atoms with Crippen LogP contribution in [0.2, 0.25) is 5.02 Å². The number of halogens is 1. The van der Waals surface area contributed by atoms with E-state index in [4.69, 9.17) is 23.8 Å². The van der Waals surface area contributed by atoms with E-state index in [9.17, 15) is 4.79 Å². The minimum atomic E-state index is -0.0679. The SMILES string of the molecule is CC(C)CC(=O)NC(=S)NCc1ccccc1Cl. The van der Waals surface area contributed by atoms with Crippen LogP contribution in [0, 0.1) is 5.92 Å². The van der Waals surface area contributed by atoms with Crippen LogP contribution in [0.1, 0.15) is 25.8 Å². The summed E-state index contributed by atoms with van der Waals surface area (Å²) in [6.07, 6.45) is 0.466. The highest BCUT2D eigenvalue weighted by Crippen LogP contribution is 2.14. The van der Waals surface area contributed by atoms with E-state index < -0.39 is 0 Å². The van der Waals surface area contributed by atoms with Crippen LogP contribution in [0.5, 0.6) is 0 Å². The molecule has 0 aromatic heterocycles. The summed E-state index contributed by atoms with van der Waals surface area (Å²) in [5, 5.41) is 6.61. The maximum Gasteiger partial charge on any atom is 0.226 e. The predicted octanol–water partition coefficient (Wildman–Crippen LogP) is 2.88. The van der Waals surface area contributed by atoms with Gasteiger partial charge in [-0.3, -0.25) is 4.79 Å². The van der Waals surface area contributed by atoms with Crippen molar-refractivity contribution in [3.8, 4) is 0 Å². The number of hydrogen-bond donors (Lipinski definition) is 2. The number of nitrogens with one attached hydrogen (secondary N) is 2. The molecule has 0 aliphatic rings. The monoisotopic (exact) mass is 284 g/mol. The summed E-state index contributed by atoms with van der Waals surface area (Å²) in [5.41, 5.74) is 0.944. The molecule has 0 saturated heterocycles. The van der Waals surface area contributed by atoms with Crippen molar-refractivity contribution in [2.45, 2.75) is 26.8 Å². The van der Waals surface area contributed by atoms with Crippen LogP contribution in [-0.4, -0.2) is 11.0 Å². The Morgan fingerprint density at radius 1 is 1.39 bits per heavy atom. The smallest absolute Gasteiger partial charge is 0.226 e. The second-order valence-corrected chi connectivity index (χ2v) is 5.24. The largest absolute Gasteiger partial charge is 0.358 e. The lowest BCUT2D eigenvalue weighted by Crippen LogP contribution is -2.39. The van der Waals surface area contributed by atoms with Crippen molar-refractivity contribution in [3.05, 3.63) is 34.9 Å². The molecule has 0 bridgehead atoms. The first-order valence-electron chi connectivity index (χ1n) is 5.80. The van der Waals surface area contributed by atoms with E-state index in [1.165, 1.54) is 0 Å². The van der Waals surface area contributed by atoms with Crippen molar-refractivity contribution in [3.63, 3.8) is 0 Å². The van der Waals surface area contributed by atoms with Gasteiger partial charge in [0, 0.05) is 18.0 Å². The van der Waals surface area contributed by atoms with Crippen LogP contribution in [-0.2, 0) is 11.3 Å². The molecule has 3 nitrogen and oxygen atoms in total. The Morgan fingerprint density at radius 3 is 2.67 bits per heavy atom. The highest BCUT2D eigenvalue weighted by atomic mass is 35.5. The van der Waals surface area contributed by atoms with Gasteiger partial charge in [-0.05, 0) is 29.8 Å². The maximum absolute atomic E-state index is 11.5. The number of carbonyl (C=O) groups excluding carboxylic acids is 1. The molecular formula is C13H17ClN2OS. The molecule has 0 fully saturated rings. The van der Waals surface area contributed by atoms with Gasteiger partial charge in [-0.25, -0.2) is 0 Å². The van der Waals surface area contributed by atoms with Gasteiger partial charge in [-0.15, -0.1) is 0 Å². The van der Waals surface area contributed by atoms with Crippen LogP contribution in [0.25, 0.3) is 0 Å². The first kappa shape index (κ1) is 14.9. The Kier molecular flexibility index (Phi) is 6.09. The average molecular weight is 285 g/mol. The fourth-order valence-electron chi connectivity index (χ4n) is 1.41. The molecule has 0 unspecified atom stereocenters. The lowest BCUT2D eigenvalue weighted by Gasteiger charge is -2.11. The van der Waals surface area contributed by atoms with Gasteiger partial charge in [0.1, 0.15) is 0 Å². The second kappa shape index (κ2) is 7.34. The second-order valence-electron chi connectivity index (χ2n) is 4.42. The first-order chi connectivity index (χ1) is 8.49. The molecule has 0 spiro atoms. The van der Waals surface area contributed by atoms with Gasteiger partial charge in [0.15, 0.2) is 5.11 Å². The average Bonchev–Trinajstić information content (AvgIpc) is 2.26. The molecule has 0 radical (unpaired) electrons. The van der Waals surface area contributed by atoms with Crippen LogP contribution in [0.4, 0.5) is 0 Å². The Balaban J connectivity index is 2.38. The van der Waals surface area contributed by atoms with Crippen LogP contribution in [0.3, 0.4) is 0 Å². The zero-order valence-electron chi connectivity index (χ0n) is 10.5. The fraction of sp³-hybridized carbons (Fsp3) is 0.385. The van der Waals surface area contributed by atoms with Crippen molar-refractivity contribution in [1.29, 1.82) is 0 Å². The molecule has 1 amide bonds. The van der Waals surface area contributed by atoms with E-state index in [0.717, 1.165) is 5.56 Å². The molecule has 0 heterocycles. The zero-order chi connectivity index (χ0) is 13.5. The fourth-order valence-corrected chi connectivity index (χ4v) is 1.80. The van der Waals surface area contributed by atoms with Gasteiger partial charge in [-0.1, -0.05) is 43.6 Å².